The Kier molecular flexibility index (Phi) is 12.0. The number of carbonyl (C=O) groups excluding carboxylic acids is 2. The van der Waals surface area contributed by atoms with Gasteiger partial charge < -0.3 is 15.0 Å². The maximum atomic E-state index is 14.6. The number of benzene rings is 4. The van der Waals surface area contributed by atoms with Crippen LogP contribution in [-0.4, -0.2) is 49.9 Å². The number of hydrogen-bond donors (Lipinski definition) is 1. The molecule has 4 rings (SSSR count). The third kappa shape index (κ3) is 9.97. The number of nitrogens with zero attached hydrogens (tertiary/aromatic N) is 2. The Hall–Kier alpha value is -4.05. The molecule has 4 aromatic rings. The first-order valence-corrected chi connectivity index (χ1v) is 17.4. The highest BCUT2D eigenvalue weighted by Crippen LogP contribution is 2.28. The SMILES string of the molecule is CCOc1ccc(N(CC(=O)N(Cc2cccc(Cl)c2)[C@@H](Cc2ccccc2)C(=O)NC(C)(C)C)S(=O)(=O)c2ccc(Cl)cc2)cc1. The minimum atomic E-state index is -4.27. The Labute approximate surface area is 287 Å². The minimum Gasteiger partial charge on any atom is -0.494 e. The molecule has 2 amide bonds. The number of ether oxygens (including phenoxy) is 1. The summed E-state index contributed by atoms with van der Waals surface area (Å²) in [6.45, 7) is 7.28. The van der Waals surface area contributed by atoms with E-state index in [1.54, 1.807) is 42.5 Å². The van der Waals surface area contributed by atoms with Crippen molar-refractivity contribution < 1.29 is 22.7 Å². The number of anilines is 1. The van der Waals surface area contributed by atoms with E-state index in [-0.39, 0.29) is 29.5 Å². The summed E-state index contributed by atoms with van der Waals surface area (Å²) in [5.74, 6) is -0.401. The molecule has 47 heavy (non-hydrogen) atoms. The molecule has 1 N–H and O–H groups in total. The van der Waals surface area contributed by atoms with Crippen LogP contribution in [0.4, 0.5) is 5.69 Å². The minimum absolute atomic E-state index is 0.00651. The van der Waals surface area contributed by atoms with Crippen LogP contribution in [0.1, 0.15) is 38.8 Å². The van der Waals surface area contributed by atoms with Crippen molar-refractivity contribution in [2.45, 2.75) is 57.1 Å². The van der Waals surface area contributed by atoms with Crippen molar-refractivity contribution in [2.75, 3.05) is 17.5 Å². The van der Waals surface area contributed by atoms with Gasteiger partial charge in [-0.25, -0.2) is 8.42 Å². The second-order valence-electron chi connectivity index (χ2n) is 12.0. The molecule has 0 saturated carbocycles. The normalized spacial score (nSPS) is 12.2. The van der Waals surface area contributed by atoms with E-state index in [4.69, 9.17) is 27.9 Å². The van der Waals surface area contributed by atoms with Gasteiger partial charge in [0.2, 0.25) is 11.8 Å². The number of nitrogens with one attached hydrogen (secondary N) is 1. The molecule has 0 aliphatic carbocycles. The van der Waals surface area contributed by atoms with Gasteiger partial charge in [-0.2, -0.15) is 0 Å². The fourth-order valence-electron chi connectivity index (χ4n) is 4.98. The molecule has 0 fully saturated rings. The van der Waals surface area contributed by atoms with Gasteiger partial charge in [0.05, 0.1) is 17.2 Å². The molecule has 0 saturated heterocycles. The maximum absolute atomic E-state index is 14.6. The molecule has 0 spiro atoms. The Morgan fingerprint density at radius 2 is 1.47 bits per heavy atom. The summed E-state index contributed by atoms with van der Waals surface area (Å²) in [6, 6.07) is 27.6. The molecule has 0 aliphatic rings. The number of carbonyl (C=O) groups is 2. The molecule has 4 aromatic carbocycles. The molecule has 8 nitrogen and oxygen atoms in total. The first-order chi connectivity index (χ1) is 22.3. The fourth-order valence-corrected chi connectivity index (χ4v) is 6.73. The van der Waals surface area contributed by atoms with E-state index in [0.29, 0.717) is 28.0 Å². The van der Waals surface area contributed by atoms with Gasteiger partial charge in [-0.1, -0.05) is 65.7 Å². The standard InChI is InChI=1S/C36H39Cl2N3O5S/c1-5-46-31-18-16-30(17-19-31)41(47(44,45)32-20-14-28(37)15-21-32)25-34(42)40(24-27-12-9-13-29(38)22-27)33(35(43)39-36(2,3)4)23-26-10-7-6-8-11-26/h6-22,33H,5,23-25H2,1-4H3,(H,39,43)/t33-/m0/s1. The van der Waals surface area contributed by atoms with Crippen LogP contribution in [0.5, 0.6) is 5.75 Å². The summed E-state index contributed by atoms with van der Waals surface area (Å²) in [5, 5.41) is 3.86. The highest BCUT2D eigenvalue weighted by Gasteiger charge is 2.35. The molecule has 0 unspecified atom stereocenters. The highest BCUT2D eigenvalue weighted by molar-refractivity contribution is 7.92. The zero-order valence-electron chi connectivity index (χ0n) is 26.8. The van der Waals surface area contributed by atoms with Crippen LogP contribution >= 0.6 is 23.2 Å². The van der Waals surface area contributed by atoms with Gasteiger partial charge in [-0.15, -0.1) is 0 Å². The van der Waals surface area contributed by atoms with Crippen molar-refractivity contribution in [3.05, 3.63) is 124 Å². The molecule has 0 radical (unpaired) electrons. The molecule has 0 aromatic heterocycles. The van der Waals surface area contributed by atoms with E-state index in [0.717, 1.165) is 9.87 Å². The molecule has 0 bridgehead atoms. The maximum Gasteiger partial charge on any atom is 0.264 e. The van der Waals surface area contributed by atoms with Gasteiger partial charge in [0.15, 0.2) is 0 Å². The molecular formula is C36H39Cl2N3O5S. The Balaban J connectivity index is 1.82. The third-order valence-corrected chi connectivity index (χ3v) is 9.40. The lowest BCUT2D eigenvalue weighted by Crippen LogP contribution is -2.56. The largest absolute Gasteiger partial charge is 0.494 e. The van der Waals surface area contributed by atoms with Crippen LogP contribution in [-0.2, 0) is 32.6 Å². The summed E-state index contributed by atoms with van der Waals surface area (Å²) in [4.78, 5) is 29.9. The number of amides is 2. The zero-order chi connectivity index (χ0) is 34.2. The van der Waals surface area contributed by atoms with Gasteiger partial charge >= 0.3 is 0 Å². The molecule has 0 aliphatic heterocycles. The van der Waals surface area contributed by atoms with Crippen LogP contribution < -0.4 is 14.4 Å². The predicted octanol–water partition coefficient (Wildman–Crippen LogP) is 7.14. The van der Waals surface area contributed by atoms with Crippen LogP contribution in [0.25, 0.3) is 0 Å². The Morgan fingerprint density at radius 3 is 2.06 bits per heavy atom. The van der Waals surface area contributed by atoms with Crippen LogP contribution in [0.15, 0.2) is 108 Å². The fraction of sp³-hybridized carbons (Fsp3) is 0.278. The average molecular weight is 697 g/mol. The van der Waals surface area contributed by atoms with E-state index in [2.05, 4.69) is 5.32 Å². The van der Waals surface area contributed by atoms with E-state index in [1.165, 1.54) is 29.2 Å². The van der Waals surface area contributed by atoms with Gasteiger partial charge in [-0.05, 0) is 99.5 Å². The van der Waals surface area contributed by atoms with Gasteiger partial charge in [-0.3, -0.25) is 13.9 Å². The van der Waals surface area contributed by atoms with Crippen molar-refractivity contribution in [1.29, 1.82) is 0 Å². The lowest BCUT2D eigenvalue weighted by atomic mass is 10.0. The van der Waals surface area contributed by atoms with E-state index >= 15 is 0 Å². The summed E-state index contributed by atoms with van der Waals surface area (Å²) < 4.78 is 35.0. The molecule has 0 heterocycles. The first kappa shape index (κ1) is 35.8. The van der Waals surface area contributed by atoms with Gasteiger partial charge in [0, 0.05) is 28.5 Å². The number of sulfonamides is 1. The Morgan fingerprint density at radius 1 is 0.830 bits per heavy atom. The van der Waals surface area contributed by atoms with E-state index in [1.807, 2.05) is 64.1 Å². The van der Waals surface area contributed by atoms with Crippen molar-refractivity contribution >= 4 is 50.7 Å². The molecular weight excluding hydrogens is 657 g/mol. The second-order valence-corrected chi connectivity index (χ2v) is 14.7. The van der Waals surface area contributed by atoms with Crippen LogP contribution in [0.3, 0.4) is 0 Å². The van der Waals surface area contributed by atoms with Gasteiger partial charge in [0.1, 0.15) is 18.3 Å². The summed E-state index contributed by atoms with van der Waals surface area (Å²) in [5.41, 5.74) is 1.17. The van der Waals surface area contributed by atoms with Crippen molar-refractivity contribution in [3.63, 3.8) is 0 Å². The number of hydrogen-bond acceptors (Lipinski definition) is 5. The second kappa shape index (κ2) is 15.7. The van der Waals surface area contributed by atoms with Crippen molar-refractivity contribution in [3.8, 4) is 5.75 Å². The Bertz CT molecular complexity index is 1760. The predicted molar refractivity (Wildman–Crippen MR) is 187 cm³/mol. The van der Waals surface area contributed by atoms with Crippen LogP contribution in [0, 0.1) is 0 Å². The lowest BCUT2D eigenvalue weighted by molar-refractivity contribution is -0.140. The summed E-state index contributed by atoms with van der Waals surface area (Å²) in [6.07, 6.45) is 0.196. The van der Waals surface area contributed by atoms with Crippen molar-refractivity contribution in [1.82, 2.24) is 10.2 Å². The molecule has 11 heteroatoms. The molecule has 1 atom stereocenters. The van der Waals surface area contributed by atoms with Crippen molar-refractivity contribution in [2.24, 2.45) is 0 Å². The third-order valence-electron chi connectivity index (χ3n) is 7.13. The quantitative estimate of drug-likeness (QED) is 0.160. The molecule has 248 valence electrons. The summed E-state index contributed by atoms with van der Waals surface area (Å²) in [7, 11) is -4.27. The van der Waals surface area contributed by atoms with E-state index < -0.39 is 34.1 Å². The smallest absolute Gasteiger partial charge is 0.264 e. The zero-order valence-corrected chi connectivity index (χ0v) is 29.1. The topological polar surface area (TPSA) is 96.0 Å². The lowest BCUT2D eigenvalue weighted by Gasteiger charge is -2.35. The number of halogens is 2. The van der Waals surface area contributed by atoms with E-state index in [9.17, 15) is 18.0 Å². The average Bonchev–Trinajstić information content (AvgIpc) is 3.02. The number of rotatable bonds is 13. The first-order valence-electron chi connectivity index (χ1n) is 15.2. The van der Waals surface area contributed by atoms with Gasteiger partial charge in [0.25, 0.3) is 10.0 Å². The highest BCUT2D eigenvalue weighted by atomic mass is 35.5. The monoisotopic (exact) mass is 695 g/mol. The van der Waals surface area contributed by atoms with Crippen LogP contribution in [0.2, 0.25) is 10.0 Å². The summed E-state index contributed by atoms with van der Waals surface area (Å²) >= 11 is 12.4.